The van der Waals surface area contributed by atoms with Crippen molar-refractivity contribution >= 4 is 22.8 Å². The van der Waals surface area contributed by atoms with Crippen LogP contribution in [0.25, 0.3) is 11.1 Å². The number of carbonyl (C=O) groups is 1. The lowest BCUT2D eigenvalue weighted by atomic mass is 10.0. The number of hydrogen-bond acceptors (Lipinski definition) is 3. The van der Waals surface area contributed by atoms with Gasteiger partial charge in [-0.1, -0.05) is 66.4 Å². The van der Waals surface area contributed by atoms with Crippen LogP contribution in [0.4, 0.5) is 0 Å². The topological polar surface area (TPSA) is 41.5 Å². The second-order valence-electron chi connectivity index (χ2n) is 4.82. The molecular weight excluding hydrogens is 280 g/mol. The Morgan fingerprint density at radius 1 is 1.05 bits per heavy atom. The lowest BCUT2D eigenvalue weighted by Gasteiger charge is -2.06. The summed E-state index contributed by atoms with van der Waals surface area (Å²) in [7, 11) is 0. The average Bonchev–Trinajstić information content (AvgIpc) is 3.02. The van der Waals surface area contributed by atoms with Gasteiger partial charge < -0.3 is 5.32 Å². The maximum atomic E-state index is 11.9. The quantitative estimate of drug-likeness (QED) is 0.945. The highest BCUT2D eigenvalue weighted by Gasteiger charge is 2.11. The third kappa shape index (κ3) is 3.73. The third-order valence-electron chi connectivity index (χ3n) is 3.26. The Morgan fingerprint density at radius 2 is 1.76 bits per heavy atom. The first-order chi connectivity index (χ1) is 10.3. The van der Waals surface area contributed by atoms with Crippen LogP contribution in [0.3, 0.4) is 0 Å². The second-order valence-corrected chi connectivity index (χ2v) is 5.91. The first-order valence-electron chi connectivity index (χ1n) is 6.93. The van der Waals surface area contributed by atoms with Gasteiger partial charge in [-0.2, -0.15) is 0 Å². The molecule has 0 bridgehead atoms. The normalized spacial score (nSPS) is 13.8. The fraction of sp³-hybridized carbons (Fsp3) is 0.176. The Kier molecular flexibility index (Phi) is 4.36. The van der Waals surface area contributed by atoms with E-state index in [1.165, 1.54) is 5.56 Å². The van der Waals surface area contributed by atoms with E-state index in [0.29, 0.717) is 6.42 Å². The Bertz CT molecular complexity index is 650. The molecule has 0 radical (unpaired) electrons. The van der Waals surface area contributed by atoms with Crippen molar-refractivity contribution in [3.05, 3.63) is 60.2 Å². The Balaban J connectivity index is 1.63. The van der Waals surface area contributed by atoms with Crippen LogP contribution in [0.15, 0.2) is 59.6 Å². The number of thioether (sulfide) groups is 1. The van der Waals surface area contributed by atoms with E-state index >= 15 is 0 Å². The van der Waals surface area contributed by atoms with Crippen LogP contribution in [0.2, 0.25) is 0 Å². The predicted molar refractivity (Wildman–Crippen MR) is 88.5 cm³/mol. The zero-order chi connectivity index (χ0) is 14.5. The first kappa shape index (κ1) is 13.9. The van der Waals surface area contributed by atoms with Crippen molar-refractivity contribution in [1.29, 1.82) is 0 Å². The zero-order valence-corrected chi connectivity index (χ0v) is 12.4. The van der Waals surface area contributed by atoms with Crippen molar-refractivity contribution in [2.45, 2.75) is 6.42 Å². The first-order valence-corrected chi connectivity index (χ1v) is 7.91. The number of benzene rings is 2. The van der Waals surface area contributed by atoms with Crippen molar-refractivity contribution in [3.63, 3.8) is 0 Å². The van der Waals surface area contributed by atoms with Crippen LogP contribution < -0.4 is 5.32 Å². The molecule has 2 aromatic carbocycles. The minimum atomic E-state index is -0.00406. The van der Waals surface area contributed by atoms with Gasteiger partial charge in [-0.3, -0.25) is 9.79 Å². The number of amidine groups is 1. The predicted octanol–water partition coefficient (Wildman–Crippen LogP) is 3.12. The summed E-state index contributed by atoms with van der Waals surface area (Å²) in [5.41, 5.74) is 3.36. The summed E-state index contributed by atoms with van der Waals surface area (Å²) in [6.45, 7) is 0.798. The van der Waals surface area contributed by atoms with Crippen molar-refractivity contribution in [1.82, 2.24) is 5.32 Å². The van der Waals surface area contributed by atoms with Crippen LogP contribution in [0.1, 0.15) is 5.56 Å². The Hall–Kier alpha value is -2.07. The van der Waals surface area contributed by atoms with Gasteiger partial charge in [0.25, 0.3) is 0 Å². The van der Waals surface area contributed by atoms with Gasteiger partial charge in [0.2, 0.25) is 5.91 Å². The monoisotopic (exact) mass is 296 g/mol. The van der Waals surface area contributed by atoms with E-state index < -0.39 is 0 Å². The number of nitrogens with one attached hydrogen (secondary N) is 1. The molecule has 2 aromatic rings. The average molecular weight is 296 g/mol. The van der Waals surface area contributed by atoms with Crippen molar-refractivity contribution in [2.24, 2.45) is 4.99 Å². The summed E-state index contributed by atoms with van der Waals surface area (Å²) in [5.74, 6) is 0.956. The molecule has 1 heterocycles. The number of aliphatic imine (C=N–C) groups is 1. The molecule has 1 N–H and O–H groups in total. The molecule has 0 unspecified atom stereocenters. The van der Waals surface area contributed by atoms with E-state index in [-0.39, 0.29) is 5.91 Å². The van der Waals surface area contributed by atoms with E-state index in [0.717, 1.165) is 28.6 Å². The molecule has 21 heavy (non-hydrogen) atoms. The number of hydrogen-bond donors (Lipinski definition) is 1. The molecule has 3 nitrogen and oxygen atoms in total. The summed E-state index contributed by atoms with van der Waals surface area (Å²) in [4.78, 5) is 16.1. The SMILES string of the molecule is O=C(Cc1ccc(-c2ccccc2)cc1)NC1=NCCS1. The molecule has 0 atom stereocenters. The maximum absolute atomic E-state index is 11.9. The Labute approximate surface area is 128 Å². The summed E-state index contributed by atoms with van der Waals surface area (Å²) in [6, 6.07) is 18.3. The number of carbonyl (C=O) groups excluding carboxylic acids is 1. The molecule has 0 saturated heterocycles. The molecule has 0 saturated carbocycles. The highest BCUT2D eigenvalue weighted by molar-refractivity contribution is 8.14. The lowest BCUT2D eigenvalue weighted by Crippen LogP contribution is -2.28. The van der Waals surface area contributed by atoms with Gasteiger partial charge in [0.05, 0.1) is 13.0 Å². The van der Waals surface area contributed by atoms with E-state index in [9.17, 15) is 4.79 Å². The Morgan fingerprint density at radius 3 is 2.43 bits per heavy atom. The van der Waals surface area contributed by atoms with E-state index in [1.807, 2.05) is 30.3 Å². The van der Waals surface area contributed by atoms with Crippen molar-refractivity contribution in [3.8, 4) is 11.1 Å². The van der Waals surface area contributed by atoms with Crippen molar-refractivity contribution < 1.29 is 4.79 Å². The van der Waals surface area contributed by atoms with E-state index in [4.69, 9.17) is 0 Å². The van der Waals surface area contributed by atoms with Gasteiger partial charge in [0.15, 0.2) is 5.17 Å². The minimum absolute atomic E-state index is 0.00406. The van der Waals surface area contributed by atoms with Gasteiger partial charge in [0, 0.05) is 5.75 Å². The molecule has 1 aliphatic rings. The summed E-state index contributed by atoms with van der Waals surface area (Å²) in [5, 5.41) is 3.60. The van der Waals surface area contributed by atoms with Crippen LogP contribution in [0.5, 0.6) is 0 Å². The van der Waals surface area contributed by atoms with Gasteiger partial charge in [-0.15, -0.1) is 0 Å². The maximum Gasteiger partial charge on any atom is 0.230 e. The van der Waals surface area contributed by atoms with E-state index in [2.05, 4.69) is 34.6 Å². The highest BCUT2D eigenvalue weighted by Crippen LogP contribution is 2.19. The minimum Gasteiger partial charge on any atom is -0.305 e. The van der Waals surface area contributed by atoms with Gasteiger partial charge in [-0.25, -0.2) is 0 Å². The lowest BCUT2D eigenvalue weighted by molar-refractivity contribution is -0.119. The second kappa shape index (κ2) is 6.59. The van der Waals surface area contributed by atoms with Gasteiger partial charge in [0.1, 0.15) is 0 Å². The summed E-state index contributed by atoms with van der Waals surface area (Å²) >= 11 is 1.60. The summed E-state index contributed by atoms with van der Waals surface area (Å²) in [6.07, 6.45) is 0.384. The van der Waals surface area contributed by atoms with Crippen LogP contribution in [-0.4, -0.2) is 23.4 Å². The van der Waals surface area contributed by atoms with Crippen molar-refractivity contribution in [2.75, 3.05) is 12.3 Å². The number of rotatable bonds is 3. The van der Waals surface area contributed by atoms with Crippen LogP contribution in [0, 0.1) is 0 Å². The smallest absolute Gasteiger partial charge is 0.230 e. The number of nitrogens with zero attached hydrogens (tertiary/aromatic N) is 1. The van der Waals surface area contributed by atoms with Gasteiger partial charge >= 0.3 is 0 Å². The van der Waals surface area contributed by atoms with Gasteiger partial charge in [-0.05, 0) is 16.7 Å². The van der Waals surface area contributed by atoms with Crippen LogP contribution >= 0.6 is 11.8 Å². The largest absolute Gasteiger partial charge is 0.305 e. The fourth-order valence-electron chi connectivity index (χ4n) is 2.21. The molecular formula is C17H16N2OS. The molecule has 1 aliphatic heterocycles. The zero-order valence-electron chi connectivity index (χ0n) is 11.6. The molecule has 106 valence electrons. The molecule has 0 aromatic heterocycles. The highest BCUT2D eigenvalue weighted by atomic mass is 32.2. The standard InChI is InChI=1S/C17H16N2OS/c20-16(19-17-18-10-11-21-17)12-13-6-8-15(9-7-13)14-4-2-1-3-5-14/h1-9H,10-12H2,(H,18,19,20). The molecule has 3 rings (SSSR count). The molecule has 0 fully saturated rings. The molecule has 1 amide bonds. The molecule has 0 spiro atoms. The third-order valence-corrected chi connectivity index (χ3v) is 4.15. The molecule has 0 aliphatic carbocycles. The van der Waals surface area contributed by atoms with Crippen LogP contribution in [-0.2, 0) is 11.2 Å². The molecule has 4 heteroatoms. The van der Waals surface area contributed by atoms with E-state index in [1.54, 1.807) is 11.8 Å². The number of amides is 1. The fourth-order valence-corrected chi connectivity index (χ4v) is 2.95. The summed E-state index contributed by atoms with van der Waals surface area (Å²) < 4.78 is 0.